The van der Waals surface area contributed by atoms with E-state index in [-0.39, 0.29) is 12.0 Å². The number of nitrogens with one attached hydrogen (secondary N) is 1. The van der Waals surface area contributed by atoms with Crippen molar-refractivity contribution in [1.82, 2.24) is 10.3 Å². The van der Waals surface area contributed by atoms with E-state index in [1.807, 2.05) is 6.07 Å². The highest BCUT2D eigenvalue weighted by molar-refractivity contribution is 5.94. The van der Waals surface area contributed by atoms with Gasteiger partial charge in [0.2, 0.25) is 0 Å². The van der Waals surface area contributed by atoms with E-state index in [0.717, 1.165) is 32.5 Å². The molecule has 4 N–H and O–H groups in total. The molecule has 0 bridgehead atoms. The molecule has 20 heavy (non-hydrogen) atoms. The minimum Gasteiger partial charge on any atom is -0.492 e. The zero-order chi connectivity index (χ0) is 14.4. The number of aliphatic hydroxyl groups is 1. The molecule has 110 valence electrons. The van der Waals surface area contributed by atoms with Crippen molar-refractivity contribution in [2.75, 3.05) is 26.2 Å². The lowest BCUT2D eigenvalue weighted by atomic mass is 10.1. The van der Waals surface area contributed by atoms with Gasteiger partial charge >= 0.3 is 0 Å². The first-order chi connectivity index (χ1) is 9.69. The Labute approximate surface area is 118 Å². The first-order valence-electron chi connectivity index (χ1n) is 6.83. The van der Waals surface area contributed by atoms with Crippen LogP contribution in [-0.2, 0) is 0 Å². The van der Waals surface area contributed by atoms with Crippen LogP contribution in [0, 0.1) is 0 Å². The molecule has 1 aliphatic heterocycles. The van der Waals surface area contributed by atoms with Gasteiger partial charge in [-0.2, -0.15) is 0 Å². The van der Waals surface area contributed by atoms with E-state index < -0.39 is 0 Å². The third-order valence-corrected chi connectivity index (χ3v) is 3.46. The number of nitrogens with zero attached hydrogens (tertiary/aromatic N) is 1. The number of ether oxygens (including phenoxy) is 1. The number of amides is 1. The average Bonchev–Trinajstić information content (AvgIpc) is 2.49. The highest BCUT2D eigenvalue weighted by Crippen LogP contribution is 2.14. The van der Waals surface area contributed by atoms with Crippen LogP contribution in [0.25, 0.3) is 0 Å². The highest BCUT2D eigenvalue weighted by atomic mass is 16.5. The Bertz CT molecular complexity index is 445. The summed E-state index contributed by atoms with van der Waals surface area (Å²) >= 11 is 0. The molecule has 6 nitrogen and oxygen atoms in total. The molecule has 1 heterocycles. The Hall–Kier alpha value is -1.63. The van der Waals surface area contributed by atoms with E-state index in [1.165, 1.54) is 0 Å². The number of carbonyl (C=O) groups excluding carboxylic acids is 1. The van der Waals surface area contributed by atoms with Crippen molar-refractivity contribution >= 4 is 5.91 Å². The molecule has 0 aromatic heterocycles. The van der Waals surface area contributed by atoms with Gasteiger partial charge in [0.1, 0.15) is 12.4 Å². The second-order valence-electron chi connectivity index (χ2n) is 4.92. The van der Waals surface area contributed by atoms with Gasteiger partial charge in [-0.3, -0.25) is 15.1 Å². The van der Waals surface area contributed by atoms with Gasteiger partial charge in [-0.1, -0.05) is 6.07 Å². The minimum atomic E-state index is -0.333. The van der Waals surface area contributed by atoms with E-state index in [9.17, 15) is 9.90 Å². The van der Waals surface area contributed by atoms with Gasteiger partial charge < -0.3 is 9.84 Å². The van der Waals surface area contributed by atoms with Crippen LogP contribution in [-0.4, -0.2) is 48.3 Å². The van der Waals surface area contributed by atoms with Gasteiger partial charge in [0.25, 0.3) is 5.91 Å². The molecule has 6 heteroatoms. The molecule has 0 spiro atoms. The number of hydrazine groups is 1. The normalized spacial score (nSPS) is 16.9. The van der Waals surface area contributed by atoms with Crippen LogP contribution in [0.2, 0.25) is 0 Å². The molecule has 0 atom stereocenters. The smallest absolute Gasteiger partial charge is 0.265 e. The van der Waals surface area contributed by atoms with Crippen LogP contribution in [0.4, 0.5) is 0 Å². The van der Waals surface area contributed by atoms with E-state index >= 15 is 0 Å². The number of nitrogen functional groups attached to an aromatic ring is 1. The minimum absolute atomic E-state index is 0.154. The zero-order valence-corrected chi connectivity index (χ0v) is 11.4. The quantitative estimate of drug-likeness (QED) is 0.405. The molecule has 0 saturated carbocycles. The molecular formula is C14H21N3O3. The molecule has 1 fully saturated rings. The molecule has 1 amide bonds. The van der Waals surface area contributed by atoms with Gasteiger partial charge in [-0.25, -0.2) is 5.84 Å². The largest absolute Gasteiger partial charge is 0.492 e. The summed E-state index contributed by atoms with van der Waals surface area (Å²) in [5.41, 5.74) is 2.57. The van der Waals surface area contributed by atoms with Gasteiger partial charge in [0.05, 0.1) is 6.10 Å². The van der Waals surface area contributed by atoms with Crippen molar-refractivity contribution < 1.29 is 14.6 Å². The second-order valence-corrected chi connectivity index (χ2v) is 4.92. The van der Waals surface area contributed by atoms with Crippen molar-refractivity contribution in [3.05, 3.63) is 29.8 Å². The zero-order valence-electron chi connectivity index (χ0n) is 11.4. The molecule has 2 rings (SSSR count). The number of likely N-dealkylation sites (tertiary alicyclic amines) is 1. The second kappa shape index (κ2) is 7.23. The van der Waals surface area contributed by atoms with Crippen LogP contribution < -0.4 is 16.0 Å². The molecule has 0 radical (unpaired) electrons. The fourth-order valence-corrected chi connectivity index (χ4v) is 2.25. The van der Waals surface area contributed by atoms with Gasteiger partial charge in [-0.05, 0) is 31.0 Å². The fourth-order valence-electron chi connectivity index (χ4n) is 2.25. The summed E-state index contributed by atoms with van der Waals surface area (Å²) in [5, 5.41) is 9.43. The van der Waals surface area contributed by atoms with E-state index in [4.69, 9.17) is 10.6 Å². The number of rotatable bonds is 5. The molecule has 1 aromatic carbocycles. The first kappa shape index (κ1) is 14.8. The summed E-state index contributed by atoms with van der Waals surface area (Å²) < 4.78 is 5.65. The van der Waals surface area contributed by atoms with Crippen molar-refractivity contribution in [2.45, 2.75) is 18.9 Å². The van der Waals surface area contributed by atoms with Crippen LogP contribution in [0.15, 0.2) is 24.3 Å². The highest BCUT2D eigenvalue weighted by Gasteiger charge is 2.16. The van der Waals surface area contributed by atoms with Crippen molar-refractivity contribution in [3.8, 4) is 5.75 Å². The molecule has 1 aromatic rings. The lowest BCUT2D eigenvalue weighted by Gasteiger charge is -2.29. The summed E-state index contributed by atoms with van der Waals surface area (Å²) in [6.45, 7) is 3.18. The number of hydrogen-bond acceptors (Lipinski definition) is 5. The first-order valence-corrected chi connectivity index (χ1v) is 6.83. The van der Waals surface area contributed by atoms with Crippen LogP contribution in [0.5, 0.6) is 5.75 Å². The van der Waals surface area contributed by atoms with Crippen LogP contribution in [0.1, 0.15) is 23.2 Å². The number of nitrogens with two attached hydrogens (primary N) is 1. The summed E-state index contributed by atoms with van der Waals surface area (Å²) in [4.78, 5) is 13.7. The Morgan fingerprint density at radius 1 is 1.45 bits per heavy atom. The van der Waals surface area contributed by atoms with Gasteiger partial charge in [-0.15, -0.1) is 0 Å². The molecule has 1 saturated heterocycles. The Morgan fingerprint density at radius 3 is 2.90 bits per heavy atom. The predicted octanol–water partition coefficient (Wildman–Crippen LogP) is 0.126. The van der Waals surface area contributed by atoms with Gasteiger partial charge in [0.15, 0.2) is 0 Å². The van der Waals surface area contributed by atoms with E-state index in [1.54, 1.807) is 18.2 Å². The number of hydrogen-bond donors (Lipinski definition) is 3. The summed E-state index contributed by atoms with van der Waals surface area (Å²) in [6, 6.07) is 6.92. The maximum Gasteiger partial charge on any atom is 0.265 e. The van der Waals surface area contributed by atoms with Crippen LogP contribution >= 0.6 is 0 Å². The van der Waals surface area contributed by atoms with Crippen molar-refractivity contribution in [1.29, 1.82) is 0 Å². The Morgan fingerprint density at radius 2 is 2.20 bits per heavy atom. The summed E-state index contributed by atoms with van der Waals surface area (Å²) in [5.74, 6) is 5.42. The maximum absolute atomic E-state index is 11.4. The summed E-state index contributed by atoms with van der Waals surface area (Å²) in [6.07, 6.45) is 1.50. The molecule has 0 aliphatic carbocycles. The number of carbonyl (C=O) groups is 1. The SMILES string of the molecule is NNC(=O)c1cccc(OCCN2CCC(O)CC2)c1. The molecular weight excluding hydrogens is 258 g/mol. The third-order valence-electron chi connectivity index (χ3n) is 3.46. The van der Waals surface area contributed by atoms with Crippen molar-refractivity contribution in [2.24, 2.45) is 5.84 Å². The number of benzene rings is 1. The molecule has 0 unspecified atom stereocenters. The van der Waals surface area contributed by atoms with Crippen LogP contribution in [0.3, 0.4) is 0 Å². The van der Waals surface area contributed by atoms with Gasteiger partial charge in [0, 0.05) is 25.2 Å². The summed E-state index contributed by atoms with van der Waals surface area (Å²) in [7, 11) is 0. The lowest BCUT2D eigenvalue weighted by molar-refractivity contribution is 0.0755. The maximum atomic E-state index is 11.4. The van der Waals surface area contributed by atoms with E-state index in [0.29, 0.717) is 17.9 Å². The Kier molecular flexibility index (Phi) is 5.34. The standard InChI is InChI=1S/C14H21N3O3/c15-16-14(19)11-2-1-3-13(10-11)20-9-8-17-6-4-12(18)5-7-17/h1-3,10,12,18H,4-9,15H2,(H,16,19). The lowest BCUT2D eigenvalue weighted by Crippen LogP contribution is -2.38. The molecule has 1 aliphatic rings. The van der Waals surface area contributed by atoms with E-state index in [2.05, 4.69) is 10.3 Å². The topological polar surface area (TPSA) is 87.8 Å². The monoisotopic (exact) mass is 279 g/mol. The fraction of sp³-hybridized carbons (Fsp3) is 0.500. The predicted molar refractivity (Wildman–Crippen MR) is 75.3 cm³/mol. The number of aliphatic hydroxyl groups excluding tert-OH is 1. The third kappa shape index (κ3) is 4.19. The average molecular weight is 279 g/mol. The van der Waals surface area contributed by atoms with Crippen molar-refractivity contribution in [3.63, 3.8) is 0 Å². The number of piperidine rings is 1. The Balaban J connectivity index is 1.78.